The maximum absolute atomic E-state index is 6.51. The highest BCUT2D eigenvalue weighted by atomic mass is 79.9. The number of fused-ring (bicyclic) bond motifs is 1. The Morgan fingerprint density at radius 2 is 2.17 bits per heavy atom. The van der Waals surface area contributed by atoms with Gasteiger partial charge in [-0.15, -0.1) is 5.54 Å². The van der Waals surface area contributed by atoms with Gasteiger partial charge in [-0.2, -0.15) is 5.10 Å². The van der Waals surface area contributed by atoms with Crippen molar-refractivity contribution in [2.24, 2.45) is 0 Å². The summed E-state index contributed by atoms with van der Waals surface area (Å²) in [4.78, 5) is 0. The van der Waals surface area contributed by atoms with Crippen LogP contribution in [0, 0.1) is 11.5 Å². The summed E-state index contributed by atoms with van der Waals surface area (Å²) in [6, 6.07) is 1.96. The quantitative estimate of drug-likeness (QED) is 0.465. The number of aromatic nitrogens is 2. The van der Waals surface area contributed by atoms with Crippen molar-refractivity contribution in [3.63, 3.8) is 0 Å². The lowest BCUT2D eigenvalue weighted by atomic mass is 10.1. The molecule has 3 nitrogen and oxygen atoms in total. The fourth-order valence-electron chi connectivity index (χ4n) is 2.63. The van der Waals surface area contributed by atoms with E-state index in [2.05, 4.69) is 52.1 Å². The molecule has 2 heterocycles. The van der Waals surface area contributed by atoms with E-state index in [0.717, 1.165) is 40.4 Å². The Morgan fingerprint density at radius 1 is 1.39 bits per heavy atom. The van der Waals surface area contributed by atoms with Gasteiger partial charge in [-0.05, 0) is 41.3 Å². The van der Waals surface area contributed by atoms with Crippen molar-refractivity contribution in [1.82, 2.24) is 9.78 Å². The molecule has 0 N–H and O–H groups in total. The maximum Gasteiger partial charge on any atom is 0.150 e. The van der Waals surface area contributed by atoms with E-state index in [1.54, 1.807) is 0 Å². The van der Waals surface area contributed by atoms with Gasteiger partial charge in [0.2, 0.25) is 0 Å². The van der Waals surface area contributed by atoms with E-state index >= 15 is 0 Å². The normalized spacial score (nSPS) is 18.7. The molecule has 1 unspecified atom stereocenters. The smallest absolute Gasteiger partial charge is 0.150 e. The lowest BCUT2D eigenvalue weighted by Gasteiger charge is -2.23. The van der Waals surface area contributed by atoms with Gasteiger partial charge in [0.05, 0.1) is 22.3 Å². The van der Waals surface area contributed by atoms with Crippen LogP contribution in [-0.2, 0) is 4.74 Å². The molecule has 1 atom stereocenters. The minimum absolute atomic E-state index is 0.00290. The van der Waals surface area contributed by atoms with Gasteiger partial charge < -0.3 is 4.74 Å². The number of hydrogen-bond donors (Lipinski definition) is 0. The van der Waals surface area contributed by atoms with Gasteiger partial charge in [-0.25, -0.2) is 4.68 Å². The van der Waals surface area contributed by atoms with Crippen molar-refractivity contribution in [3.8, 4) is 11.5 Å². The van der Waals surface area contributed by atoms with E-state index in [0.29, 0.717) is 5.02 Å². The number of ether oxygens (including phenoxy) is 1. The Balaban J connectivity index is 2.08. The van der Waals surface area contributed by atoms with Crippen LogP contribution in [0.5, 0.6) is 0 Å². The summed E-state index contributed by atoms with van der Waals surface area (Å²) in [6.07, 6.45) is 5.15. The second kappa shape index (κ2) is 6.60. The van der Waals surface area contributed by atoms with Crippen molar-refractivity contribution in [1.29, 1.82) is 0 Å². The molecule has 1 aliphatic heterocycles. The Labute approximate surface area is 151 Å². The SMILES string of the molecule is C[Si](C)(C)C#Cc1c(Cl)cc2c(cnn2C2CCCCO2)c1Br. The Bertz CT molecular complexity index is 795. The molecule has 6 heteroatoms. The minimum atomic E-state index is -1.46. The summed E-state index contributed by atoms with van der Waals surface area (Å²) in [5.74, 6) is 3.27. The van der Waals surface area contributed by atoms with Gasteiger partial charge in [0.25, 0.3) is 0 Å². The number of nitrogens with zero attached hydrogens (tertiary/aromatic N) is 2. The predicted molar refractivity (Wildman–Crippen MR) is 102 cm³/mol. The summed E-state index contributed by atoms with van der Waals surface area (Å²) in [5, 5.41) is 6.23. The van der Waals surface area contributed by atoms with Crippen LogP contribution in [0.2, 0.25) is 24.7 Å². The molecular weight excluding hydrogens is 392 g/mol. The highest BCUT2D eigenvalue weighted by Crippen LogP contribution is 2.35. The van der Waals surface area contributed by atoms with E-state index in [1.165, 1.54) is 6.42 Å². The molecule has 122 valence electrons. The third-order valence-corrected chi connectivity index (χ3v) is 5.78. The predicted octanol–water partition coefficient (Wildman–Crippen LogP) is 5.38. The first-order chi connectivity index (χ1) is 10.9. The molecule has 1 fully saturated rings. The molecule has 0 spiro atoms. The first kappa shape index (κ1) is 17.0. The van der Waals surface area contributed by atoms with Gasteiger partial charge in [-0.1, -0.05) is 37.2 Å². The second-order valence-corrected chi connectivity index (χ2v) is 12.8. The Kier molecular flexibility index (Phi) is 4.89. The molecule has 1 saturated heterocycles. The lowest BCUT2D eigenvalue weighted by molar-refractivity contribution is -0.0366. The largest absolute Gasteiger partial charge is 0.356 e. The summed E-state index contributed by atoms with van der Waals surface area (Å²) in [5.41, 5.74) is 5.22. The first-order valence-corrected chi connectivity index (χ1v) is 12.5. The minimum Gasteiger partial charge on any atom is -0.356 e. The Hall–Kier alpha value is -0.803. The topological polar surface area (TPSA) is 27.1 Å². The van der Waals surface area contributed by atoms with Crippen LogP contribution in [-0.4, -0.2) is 24.5 Å². The van der Waals surface area contributed by atoms with Crippen molar-refractivity contribution in [2.45, 2.75) is 45.1 Å². The van der Waals surface area contributed by atoms with Crippen molar-refractivity contribution < 1.29 is 4.74 Å². The summed E-state index contributed by atoms with van der Waals surface area (Å²) in [6.45, 7) is 7.46. The fraction of sp³-hybridized carbons (Fsp3) is 0.471. The highest BCUT2D eigenvalue weighted by molar-refractivity contribution is 9.10. The van der Waals surface area contributed by atoms with Gasteiger partial charge in [-0.3, -0.25) is 0 Å². The molecule has 1 aromatic carbocycles. The third-order valence-electron chi connectivity index (χ3n) is 3.78. The van der Waals surface area contributed by atoms with Crippen LogP contribution in [0.4, 0.5) is 0 Å². The molecular formula is C17H20BrClN2OSi. The van der Waals surface area contributed by atoms with E-state index in [4.69, 9.17) is 16.3 Å². The Morgan fingerprint density at radius 3 is 2.83 bits per heavy atom. The van der Waals surface area contributed by atoms with Crippen LogP contribution in [0.1, 0.15) is 31.1 Å². The highest BCUT2D eigenvalue weighted by Gasteiger charge is 2.21. The van der Waals surface area contributed by atoms with Crippen LogP contribution in [0.25, 0.3) is 10.9 Å². The number of rotatable bonds is 1. The van der Waals surface area contributed by atoms with Crippen molar-refractivity contribution in [3.05, 3.63) is 27.3 Å². The molecule has 0 bridgehead atoms. The molecule has 23 heavy (non-hydrogen) atoms. The number of hydrogen-bond acceptors (Lipinski definition) is 2. The summed E-state index contributed by atoms with van der Waals surface area (Å²) in [7, 11) is -1.46. The zero-order valence-corrected chi connectivity index (χ0v) is 17.0. The van der Waals surface area contributed by atoms with Gasteiger partial charge in [0.15, 0.2) is 6.23 Å². The third kappa shape index (κ3) is 3.66. The summed E-state index contributed by atoms with van der Waals surface area (Å²) < 4.78 is 8.72. The van der Waals surface area contributed by atoms with Gasteiger partial charge in [0.1, 0.15) is 8.07 Å². The molecule has 1 aromatic heterocycles. The van der Waals surface area contributed by atoms with E-state index in [9.17, 15) is 0 Å². The van der Waals surface area contributed by atoms with E-state index in [-0.39, 0.29) is 6.23 Å². The van der Waals surface area contributed by atoms with Crippen LogP contribution >= 0.6 is 27.5 Å². The molecule has 0 amide bonds. The summed E-state index contributed by atoms with van der Waals surface area (Å²) >= 11 is 10.2. The molecule has 1 aliphatic rings. The van der Waals surface area contributed by atoms with Crippen molar-refractivity contribution in [2.75, 3.05) is 6.61 Å². The zero-order valence-electron chi connectivity index (χ0n) is 13.6. The standard InChI is InChI=1S/C17H20BrClN2OSi/c1-23(2,3)9-7-12-14(19)10-15-13(17(12)18)11-20-21(15)16-6-4-5-8-22-16/h10-11,16H,4-6,8H2,1-3H3. The first-order valence-electron chi connectivity index (χ1n) is 7.87. The van der Waals surface area contributed by atoms with Crippen molar-refractivity contribution >= 4 is 46.5 Å². The molecule has 0 radical (unpaired) electrons. The molecule has 2 aromatic rings. The average Bonchev–Trinajstić information content (AvgIpc) is 2.90. The van der Waals surface area contributed by atoms with E-state index in [1.807, 2.05) is 16.9 Å². The van der Waals surface area contributed by atoms with Gasteiger partial charge >= 0.3 is 0 Å². The van der Waals surface area contributed by atoms with Crippen LogP contribution in [0.3, 0.4) is 0 Å². The second-order valence-electron chi connectivity index (χ2n) is 6.89. The fourth-order valence-corrected chi connectivity index (χ4v) is 4.10. The van der Waals surface area contributed by atoms with Gasteiger partial charge in [0, 0.05) is 16.5 Å². The molecule has 3 rings (SSSR count). The maximum atomic E-state index is 6.51. The zero-order chi connectivity index (χ0) is 16.6. The number of halogens is 2. The molecule has 0 saturated carbocycles. The average molecular weight is 412 g/mol. The number of benzene rings is 1. The monoisotopic (exact) mass is 410 g/mol. The van der Waals surface area contributed by atoms with E-state index < -0.39 is 8.07 Å². The lowest BCUT2D eigenvalue weighted by Crippen LogP contribution is -2.19. The van der Waals surface area contributed by atoms with Crippen LogP contribution < -0.4 is 0 Å². The molecule has 0 aliphatic carbocycles. The van der Waals surface area contributed by atoms with Crippen LogP contribution in [0.15, 0.2) is 16.7 Å².